The third-order valence-electron chi connectivity index (χ3n) is 2.16. The number of aryl methyl sites for hydroxylation is 1. The summed E-state index contributed by atoms with van der Waals surface area (Å²) >= 11 is 1.77. The molecular formula is C10H18N2S. The van der Waals surface area contributed by atoms with Crippen LogP contribution in [0.5, 0.6) is 0 Å². The Balaban J connectivity index is 2.53. The van der Waals surface area contributed by atoms with Gasteiger partial charge in [0, 0.05) is 17.1 Å². The summed E-state index contributed by atoms with van der Waals surface area (Å²) in [7, 11) is 0. The number of thiazole rings is 1. The quantitative estimate of drug-likeness (QED) is 0.804. The standard InChI is InChI=1S/C10H18N2S/c1-5-7(2)12-9(4)10-11-6-8(3)13-10/h6-7,9,12H,5H2,1-4H3. The molecule has 0 radical (unpaired) electrons. The molecule has 0 aliphatic rings. The minimum Gasteiger partial charge on any atom is -0.306 e. The van der Waals surface area contributed by atoms with Crippen LogP contribution in [0.15, 0.2) is 6.20 Å². The SMILES string of the molecule is CCC(C)NC(C)c1ncc(C)s1. The summed E-state index contributed by atoms with van der Waals surface area (Å²) in [5, 5.41) is 4.70. The van der Waals surface area contributed by atoms with Gasteiger partial charge in [-0.15, -0.1) is 11.3 Å². The van der Waals surface area contributed by atoms with Gasteiger partial charge in [-0.05, 0) is 27.2 Å². The molecule has 1 aromatic heterocycles. The smallest absolute Gasteiger partial charge is 0.109 e. The summed E-state index contributed by atoms with van der Waals surface area (Å²) in [6.45, 7) is 8.66. The molecule has 74 valence electrons. The van der Waals surface area contributed by atoms with Gasteiger partial charge < -0.3 is 5.32 Å². The molecule has 1 aromatic rings. The summed E-state index contributed by atoms with van der Waals surface area (Å²) in [4.78, 5) is 5.64. The van der Waals surface area contributed by atoms with Crippen molar-refractivity contribution in [3.05, 3.63) is 16.1 Å². The maximum atomic E-state index is 4.36. The van der Waals surface area contributed by atoms with E-state index < -0.39 is 0 Å². The van der Waals surface area contributed by atoms with Gasteiger partial charge in [-0.1, -0.05) is 6.92 Å². The zero-order chi connectivity index (χ0) is 9.84. The van der Waals surface area contributed by atoms with E-state index in [0.29, 0.717) is 12.1 Å². The van der Waals surface area contributed by atoms with Gasteiger partial charge in [-0.2, -0.15) is 0 Å². The summed E-state index contributed by atoms with van der Waals surface area (Å²) in [6, 6.07) is 0.952. The van der Waals surface area contributed by atoms with Crippen LogP contribution in [0.3, 0.4) is 0 Å². The maximum absolute atomic E-state index is 4.36. The number of aromatic nitrogens is 1. The highest BCUT2D eigenvalue weighted by Gasteiger charge is 2.10. The number of rotatable bonds is 4. The molecule has 0 amide bonds. The van der Waals surface area contributed by atoms with E-state index in [0.717, 1.165) is 6.42 Å². The van der Waals surface area contributed by atoms with Crippen molar-refractivity contribution >= 4 is 11.3 Å². The Hall–Kier alpha value is -0.410. The Morgan fingerprint density at radius 3 is 2.69 bits per heavy atom. The second-order valence-electron chi connectivity index (χ2n) is 3.51. The normalized spacial score (nSPS) is 15.7. The maximum Gasteiger partial charge on any atom is 0.109 e. The molecule has 0 aliphatic heterocycles. The first-order valence-corrected chi connectivity index (χ1v) is 5.63. The molecule has 0 fully saturated rings. The second kappa shape index (κ2) is 4.72. The van der Waals surface area contributed by atoms with Gasteiger partial charge in [-0.3, -0.25) is 0 Å². The Morgan fingerprint density at radius 1 is 1.54 bits per heavy atom. The Bertz CT molecular complexity index is 257. The van der Waals surface area contributed by atoms with Gasteiger partial charge in [0.15, 0.2) is 0 Å². The van der Waals surface area contributed by atoms with E-state index in [4.69, 9.17) is 0 Å². The molecule has 0 bridgehead atoms. The van der Waals surface area contributed by atoms with Crippen LogP contribution in [0.25, 0.3) is 0 Å². The first kappa shape index (κ1) is 10.7. The van der Waals surface area contributed by atoms with Crippen LogP contribution in [0, 0.1) is 6.92 Å². The average molecular weight is 198 g/mol. The van der Waals surface area contributed by atoms with Crippen LogP contribution in [0.1, 0.15) is 43.1 Å². The fourth-order valence-corrected chi connectivity index (χ4v) is 1.97. The lowest BCUT2D eigenvalue weighted by Gasteiger charge is -2.16. The average Bonchev–Trinajstić information content (AvgIpc) is 2.51. The zero-order valence-corrected chi connectivity index (χ0v) is 9.61. The lowest BCUT2D eigenvalue weighted by molar-refractivity contribution is 0.468. The van der Waals surface area contributed by atoms with Crippen molar-refractivity contribution in [2.45, 2.75) is 46.2 Å². The van der Waals surface area contributed by atoms with Gasteiger partial charge in [0.25, 0.3) is 0 Å². The van der Waals surface area contributed by atoms with E-state index in [2.05, 4.69) is 38.0 Å². The largest absolute Gasteiger partial charge is 0.306 e. The van der Waals surface area contributed by atoms with Crippen LogP contribution < -0.4 is 5.32 Å². The summed E-state index contributed by atoms with van der Waals surface area (Å²) in [5.41, 5.74) is 0. The van der Waals surface area contributed by atoms with Crippen molar-refractivity contribution in [3.63, 3.8) is 0 Å². The van der Waals surface area contributed by atoms with Crippen molar-refractivity contribution in [1.82, 2.24) is 10.3 Å². The highest BCUT2D eigenvalue weighted by Crippen LogP contribution is 2.19. The van der Waals surface area contributed by atoms with Crippen molar-refractivity contribution in [2.75, 3.05) is 0 Å². The van der Waals surface area contributed by atoms with Crippen LogP contribution in [0.2, 0.25) is 0 Å². The highest BCUT2D eigenvalue weighted by atomic mass is 32.1. The van der Waals surface area contributed by atoms with E-state index in [1.165, 1.54) is 9.88 Å². The van der Waals surface area contributed by atoms with Crippen LogP contribution in [0.4, 0.5) is 0 Å². The zero-order valence-electron chi connectivity index (χ0n) is 8.79. The predicted octanol–water partition coefficient (Wildman–Crippen LogP) is 2.90. The molecular weight excluding hydrogens is 180 g/mol. The van der Waals surface area contributed by atoms with Crippen molar-refractivity contribution in [1.29, 1.82) is 0 Å². The van der Waals surface area contributed by atoms with Gasteiger partial charge in [0.05, 0.1) is 6.04 Å². The lowest BCUT2D eigenvalue weighted by Crippen LogP contribution is -2.28. The molecule has 0 aliphatic carbocycles. The third kappa shape index (κ3) is 3.08. The summed E-state index contributed by atoms with van der Waals surface area (Å²) < 4.78 is 0. The van der Waals surface area contributed by atoms with Gasteiger partial charge in [0.1, 0.15) is 5.01 Å². The Kier molecular flexibility index (Phi) is 3.88. The first-order valence-electron chi connectivity index (χ1n) is 4.81. The molecule has 2 unspecified atom stereocenters. The molecule has 0 saturated carbocycles. The van der Waals surface area contributed by atoms with Crippen molar-refractivity contribution in [3.8, 4) is 0 Å². The lowest BCUT2D eigenvalue weighted by atomic mass is 10.2. The molecule has 0 aromatic carbocycles. The predicted molar refractivity (Wildman–Crippen MR) is 58.2 cm³/mol. The highest BCUT2D eigenvalue weighted by molar-refractivity contribution is 7.11. The van der Waals surface area contributed by atoms with Crippen LogP contribution >= 0.6 is 11.3 Å². The molecule has 1 N–H and O–H groups in total. The molecule has 0 spiro atoms. The fourth-order valence-electron chi connectivity index (χ4n) is 1.19. The Labute approximate surface area is 84.4 Å². The fraction of sp³-hybridized carbons (Fsp3) is 0.700. The van der Waals surface area contributed by atoms with E-state index in [1.807, 2.05) is 6.20 Å². The molecule has 1 heterocycles. The molecule has 13 heavy (non-hydrogen) atoms. The van der Waals surface area contributed by atoms with E-state index in [9.17, 15) is 0 Å². The molecule has 2 atom stereocenters. The number of hydrogen-bond acceptors (Lipinski definition) is 3. The van der Waals surface area contributed by atoms with Crippen LogP contribution in [-0.2, 0) is 0 Å². The first-order chi connectivity index (χ1) is 6.13. The third-order valence-corrected chi connectivity index (χ3v) is 3.25. The monoisotopic (exact) mass is 198 g/mol. The van der Waals surface area contributed by atoms with Crippen molar-refractivity contribution in [2.24, 2.45) is 0 Å². The molecule has 2 nitrogen and oxygen atoms in total. The van der Waals surface area contributed by atoms with Gasteiger partial charge in [0.2, 0.25) is 0 Å². The van der Waals surface area contributed by atoms with Gasteiger partial charge >= 0.3 is 0 Å². The van der Waals surface area contributed by atoms with Crippen molar-refractivity contribution < 1.29 is 0 Å². The molecule has 0 saturated heterocycles. The van der Waals surface area contributed by atoms with Gasteiger partial charge in [-0.25, -0.2) is 4.98 Å². The summed E-state index contributed by atoms with van der Waals surface area (Å²) in [6.07, 6.45) is 3.10. The minimum atomic E-state index is 0.383. The number of hydrogen-bond donors (Lipinski definition) is 1. The molecule has 1 rings (SSSR count). The second-order valence-corrected chi connectivity index (χ2v) is 4.77. The van der Waals surface area contributed by atoms with E-state index in [-0.39, 0.29) is 0 Å². The number of nitrogens with one attached hydrogen (secondary N) is 1. The van der Waals surface area contributed by atoms with Crippen LogP contribution in [-0.4, -0.2) is 11.0 Å². The Morgan fingerprint density at radius 2 is 2.23 bits per heavy atom. The minimum absolute atomic E-state index is 0.383. The number of nitrogens with zero attached hydrogens (tertiary/aromatic N) is 1. The van der Waals surface area contributed by atoms with E-state index >= 15 is 0 Å². The summed E-state index contributed by atoms with van der Waals surface area (Å²) in [5.74, 6) is 0. The van der Waals surface area contributed by atoms with E-state index in [1.54, 1.807) is 11.3 Å². The molecule has 3 heteroatoms. The topological polar surface area (TPSA) is 24.9 Å².